The third-order valence-electron chi connectivity index (χ3n) is 3.44. The zero-order valence-corrected chi connectivity index (χ0v) is 16.3. The smallest absolute Gasteiger partial charge is 0.331 e. The lowest BCUT2D eigenvalue weighted by atomic mass is 10.2. The molecule has 0 aliphatic heterocycles. The average Bonchev–Trinajstić information content (AvgIpc) is 2.68. The standard InChI is InChI=1S/C20H16Cl2N2O4/c1-13(20(26)24-18-12-15(21)5-8-17(18)22)28-19(25)9-4-14-2-6-16(7-3-14)27-11-10-23/h2-9,12-13H,11H2,1H3,(H,24,26)/b9-4+. The molecule has 2 aromatic carbocycles. The largest absolute Gasteiger partial charge is 0.479 e. The van der Waals surface area contributed by atoms with Crippen LogP contribution in [0, 0.1) is 11.3 Å². The third-order valence-corrected chi connectivity index (χ3v) is 4.01. The van der Waals surface area contributed by atoms with Gasteiger partial charge in [0, 0.05) is 11.1 Å². The van der Waals surface area contributed by atoms with Crippen molar-refractivity contribution < 1.29 is 19.1 Å². The number of carbonyl (C=O) groups is 2. The summed E-state index contributed by atoms with van der Waals surface area (Å²) >= 11 is 11.9. The van der Waals surface area contributed by atoms with Crippen LogP contribution in [0.1, 0.15) is 12.5 Å². The number of rotatable bonds is 7. The summed E-state index contributed by atoms with van der Waals surface area (Å²) in [5, 5.41) is 11.8. The van der Waals surface area contributed by atoms with Crippen molar-refractivity contribution in [2.45, 2.75) is 13.0 Å². The predicted molar refractivity (Wildman–Crippen MR) is 107 cm³/mol. The van der Waals surface area contributed by atoms with Gasteiger partial charge in [-0.05, 0) is 48.9 Å². The van der Waals surface area contributed by atoms with E-state index in [-0.39, 0.29) is 6.61 Å². The monoisotopic (exact) mass is 418 g/mol. The van der Waals surface area contributed by atoms with Gasteiger partial charge in [0.25, 0.3) is 5.91 Å². The number of carbonyl (C=O) groups excluding carboxylic acids is 2. The number of esters is 1. The molecule has 0 aliphatic rings. The van der Waals surface area contributed by atoms with Gasteiger partial charge in [0.15, 0.2) is 12.7 Å². The Morgan fingerprint density at radius 3 is 2.61 bits per heavy atom. The minimum absolute atomic E-state index is 0.0398. The molecule has 1 unspecified atom stereocenters. The first-order valence-corrected chi connectivity index (χ1v) is 8.89. The topological polar surface area (TPSA) is 88.4 Å². The number of nitrogens with one attached hydrogen (secondary N) is 1. The third kappa shape index (κ3) is 6.62. The van der Waals surface area contributed by atoms with Crippen molar-refractivity contribution in [2.24, 2.45) is 0 Å². The molecule has 0 heterocycles. The number of hydrogen-bond donors (Lipinski definition) is 1. The van der Waals surface area contributed by atoms with Gasteiger partial charge in [0.1, 0.15) is 11.8 Å². The highest BCUT2D eigenvalue weighted by Gasteiger charge is 2.17. The molecule has 0 saturated heterocycles. The van der Waals surface area contributed by atoms with E-state index < -0.39 is 18.0 Å². The predicted octanol–water partition coefficient (Wildman–Crippen LogP) is 4.48. The zero-order chi connectivity index (χ0) is 20.5. The summed E-state index contributed by atoms with van der Waals surface area (Å²) in [4.78, 5) is 24.1. The van der Waals surface area contributed by atoms with Crippen molar-refractivity contribution in [3.8, 4) is 11.8 Å². The lowest BCUT2D eigenvalue weighted by Gasteiger charge is -2.13. The molecule has 0 aliphatic carbocycles. The maximum atomic E-state index is 12.2. The Morgan fingerprint density at radius 2 is 1.93 bits per heavy atom. The molecule has 2 aromatic rings. The fourth-order valence-corrected chi connectivity index (χ4v) is 2.39. The summed E-state index contributed by atoms with van der Waals surface area (Å²) in [5.74, 6) is -0.666. The highest BCUT2D eigenvalue weighted by molar-refractivity contribution is 6.35. The first-order valence-electron chi connectivity index (χ1n) is 8.13. The van der Waals surface area contributed by atoms with Gasteiger partial charge in [-0.3, -0.25) is 4.79 Å². The Kier molecular flexibility index (Phi) is 7.88. The van der Waals surface area contributed by atoms with E-state index in [2.05, 4.69) is 5.32 Å². The van der Waals surface area contributed by atoms with Crippen LogP contribution in [0.3, 0.4) is 0 Å². The van der Waals surface area contributed by atoms with Crippen LogP contribution < -0.4 is 10.1 Å². The van der Waals surface area contributed by atoms with E-state index in [4.69, 9.17) is 37.9 Å². The van der Waals surface area contributed by atoms with Gasteiger partial charge < -0.3 is 14.8 Å². The lowest BCUT2D eigenvalue weighted by Crippen LogP contribution is -2.29. The second-order valence-corrected chi connectivity index (χ2v) is 6.39. The molecule has 0 fully saturated rings. The van der Waals surface area contributed by atoms with E-state index >= 15 is 0 Å². The number of halogens is 2. The molecule has 0 radical (unpaired) electrons. The normalized spacial score (nSPS) is 11.5. The van der Waals surface area contributed by atoms with Gasteiger partial charge in [-0.25, -0.2) is 4.79 Å². The van der Waals surface area contributed by atoms with Crippen molar-refractivity contribution >= 4 is 46.8 Å². The van der Waals surface area contributed by atoms with Gasteiger partial charge in [-0.2, -0.15) is 5.26 Å². The highest BCUT2D eigenvalue weighted by atomic mass is 35.5. The lowest BCUT2D eigenvalue weighted by molar-refractivity contribution is -0.148. The van der Waals surface area contributed by atoms with Crippen molar-refractivity contribution in [1.29, 1.82) is 5.26 Å². The SMILES string of the molecule is CC(OC(=O)/C=C/c1ccc(OCC#N)cc1)C(=O)Nc1cc(Cl)ccc1Cl. The van der Waals surface area contributed by atoms with Crippen LogP contribution in [-0.4, -0.2) is 24.6 Å². The first kappa shape index (κ1) is 21.3. The summed E-state index contributed by atoms with van der Waals surface area (Å²) in [6.07, 6.45) is 1.71. The van der Waals surface area contributed by atoms with Crippen LogP contribution in [-0.2, 0) is 14.3 Å². The Bertz CT molecular complexity index is 921. The van der Waals surface area contributed by atoms with Crippen molar-refractivity contribution in [1.82, 2.24) is 0 Å². The molecule has 1 amide bonds. The van der Waals surface area contributed by atoms with Gasteiger partial charge in [0.2, 0.25) is 0 Å². The number of ether oxygens (including phenoxy) is 2. The number of nitriles is 1. The van der Waals surface area contributed by atoms with E-state index in [1.54, 1.807) is 36.4 Å². The van der Waals surface area contributed by atoms with Gasteiger partial charge in [-0.1, -0.05) is 35.3 Å². The molecule has 0 bridgehead atoms. The van der Waals surface area contributed by atoms with E-state index in [0.717, 1.165) is 5.56 Å². The minimum Gasteiger partial charge on any atom is -0.479 e. The second-order valence-electron chi connectivity index (χ2n) is 5.54. The van der Waals surface area contributed by atoms with Gasteiger partial charge >= 0.3 is 5.97 Å². The summed E-state index contributed by atoms with van der Waals surface area (Å²) < 4.78 is 10.2. The molecule has 0 saturated carbocycles. The molecular weight excluding hydrogens is 403 g/mol. The molecule has 144 valence electrons. The van der Waals surface area contributed by atoms with Crippen molar-refractivity contribution in [2.75, 3.05) is 11.9 Å². The molecule has 0 aromatic heterocycles. The maximum absolute atomic E-state index is 12.2. The number of hydrogen-bond acceptors (Lipinski definition) is 5. The minimum atomic E-state index is -1.03. The number of nitrogens with zero attached hydrogens (tertiary/aromatic N) is 1. The fraction of sp³-hybridized carbons (Fsp3) is 0.150. The van der Waals surface area contributed by atoms with E-state index in [0.29, 0.717) is 21.5 Å². The Hall–Kier alpha value is -3.01. The van der Waals surface area contributed by atoms with Crippen LogP contribution in [0.15, 0.2) is 48.5 Å². The van der Waals surface area contributed by atoms with Crippen LogP contribution in [0.25, 0.3) is 6.08 Å². The summed E-state index contributed by atoms with van der Waals surface area (Å²) in [6, 6.07) is 13.3. The van der Waals surface area contributed by atoms with E-state index in [1.807, 2.05) is 6.07 Å². The fourth-order valence-electron chi connectivity index (χ4n) is 2.05. The summed E-state index contributed by atoms with van der Waals surface area (Å²) in [7, 11) is 0. The molecule has 1 N–H and O–H groups in total. The zero-order valence-electron chi connectivity index (χ0n) is 14.8. The van der Waals surface area contributed by atoms with Crippen LogP contribution in [0.4, 0.5) is 5.69 Å². The molecule has 0 spiro atoms. The number of benzene rings is 2. The second kappa shape index (κ2) is 10.4. The van der Waals surface area contributed by atoms with Gasteiger partial charge in [0.05, 0.1) is 10.7 Å². The van der Waals surface area contributed by atoms with Gasteiger partial charge in [-0.15, -0.1) is 0 Å². The van der Waals surface area contributed by atoms with Crippen molar-refractivity contribution in [3.63, 3.8) is 0 Å². The molecular formula is C20H16Cl2N2O4. The van der Waals surface area contributed by atoms with Crippen LogP contribution >= 0.6 is 23.2 Å². The van der Waals surface area contributed by atoms with Crippen molar-refractivity contribution in [3.05, 3.63) is 64.1 Å². The molecule has 6 nitrogen and oxygen atoms in total. The Balaban J connectivity index is 1.89. The quantitative estimate of drug-likeness (QED) is 0.528. The molecule has 8 heteroatoms. The van der Waals surface area contributed by atoms with E-state index in [9.17, 15) is 9.59 Å². The molecule has 2 rings (SSSR count). The highest BCUT2D eigenvalue weighted by Crippen LogP contribution is 2.25. The van der Waals surface area contributed by atoms with Crippen LogP contribution in [0.5, 0.6) is 5.75 Å². The van der Waals surface area contributed by atoms with E-state index in [1.165, 1.54) is 25.1 Å². The Labute approximate surface area is 172 Å². The summed E-state index contributed by atoms with van der Waals surface area (Å²) in [6.45, 7) is 1.41. The molecule has 28 heavy (non-hydrogen) atoms. The molecule has 1 atom stereocenters. The number of amides is 1. The Morgan fingerprint density at radius 1 is 1.21 bits per heavy atom. The number of anilines is 1. The average molecular weight is 419 g/mol. The van der Waals surface area contributed by atoms with Crippen LogP contribution in [0.2, 0.25) is 10.0 Å². The first-order chi connectivity index (χ1) is 13.4. The maximum Gasteiger partial charge on any atom is 0.331 e. The summed E-state index contributed by atoms with van der Waals surface area (Å²) in [5.41, 5.74) is 1.06.